The molecule has 3 rings (SSSR count). The van der Waals surface area contributed by atoms with Gasteiger partial charge in [-0.15, -0.1) is 0 Å². The lowest BCUT2D eigenvalue weighted by atomic mass is 10.1. The summed E-state index contributed by atoms with van der Waals surface area (Å²) in [5.74, 6) is 2.27. The van der Waals surface area contributed by atoms with Gasteiger partial charge in [-0.1, -0.05) is 42.4 Å². The fourth-order valence-corrected chi connectivity index (χ4v) is 2.27. The van der Waals surface area contributed by atoms with Crippen LogP contribution in [-0.4, -0.2) is 10.1 Å². The summed E-state index contributed by atoms with van der Waals surface area (Å²) in [6, 6.07) is 10.4. The summed E-state index contributed by atoms with van der Waals surface area (Å²) in [5, 5.41) is 3.97. The summed E-state index contributed by atoms with van der Waals surface area (Å²) < 4.78 is 5.32. The summed E-state index contributed by atoms with van der Waals surface area (Å²) in [5.41, 5.74) is 7.24. The van der Waals surface area contributed by atoms with Crippen LogP contribution in [0.3, 0.4) is 0 Å². The van der Waals surface area contributed by atoms with E-state index in [0.29, 0.717) is 17.7 Å². The van der Waals surface area contributed by atoms with E-state index in [1.807, 2.05) is 13.0 Å². The molecule has 0 amide bonds. The number of hydrogen-bond acceptors (Lipinski definition) is 4. The van der Waals surface area contributed by atoms with E-state index in [4.69, 9.17) is 10.3 Å². The number of nitrogens with zero attached hydrogens (tertiary/aromatic N) is 2. The summed E-state index contributed by atoms with van der Waals surface area (Å²) in [4.78, 5) is 4.42. The van der Waals surface area contributed by atoms with Crippen molar-refractivity contribution in [3.05, 3.63) is 47.6 Å². The zero-order chi connectivity index (χ0) is 12.5. The van der Waals surface area contributed by atoms with Gasteiger partial charge in [0.1, 0.15) is 0 Å². The van der Waals surface area contributed by atoms with E-state index >= 15 is 0 Å². The van der Waals surface area contributed by atoms with Crippen LogP contribution < -0.4 is 5.73 Å². The highest BCUT2D eigenvalue weighted by Crippen LogP contribution is 2.54. The third kappa shape index (κ3) is 2.04. The lowest BCUT2D eigenvalue weighted by Gasteiger charge is -1.99. The van der Waals surface area contributed by atoms with Crippen LogP contribution in [0, 0.1) is 0 Å². The quantitative estimate of drug-likeness (QED) is 0.896. The average Bonchev–Trinajstić information content (AvgIpc) is 3.08. The fourth-order valence-electron chi connectivity index (χ4n) is 2.27. The molecule has 0 aliphatic heterocycles. The van der Waals surface area contributed by atoms with Crippen molar-refractivity contribution in [2.45, 2.75) is 37.6 Å². The average molecular weight is 243 g/mol. The topological polar surface area (TPSA) is 64.9 Å². The molecule has 1 aliphatic carbocycles. The van der Waals surface area contributed by atoms with Crippen LogP contribution >= 0.6 is 0 Å². The van der Waals surface area contributed by atoms with Crippen LogP contribution in [0.5, 0.6) is 0 Å². The van der Waals surface area contributed by atoms with E-state index in [-0.39, 0.29) is 6.04 Å². The van der Waals surface area contributed by atoms with Crippen molar-refractivity contribution in [3.8, 4) is 0 Å². The first-order chi connectivity index (χ1) is 8.79. The van der Waals surface area contributed by atoms with E-state index < -0.39 is 0 Å². The third-order valence-corrected chi connectivity index (χ3v) is 3.56. The molecular formula is C14H17N3O. The molecule has 1 aliphatic rings. The monoisotopic (exact) mass is 243 g/mol. The van der Waals surface area contributed by atoms with E-state index in [1.165, 1.54) is 5.56 Å². The first-order valence-corrected chi connectivity index (χ1v) is 6.43. The Kier molecular flexibility index (Phi) is 2.88. The molecule has 18 heavy (non-hydrogen) atoms. The highest BCUT2D eigenvalue weighted by molar-refractivity contribution is 5.30. The van der Waals surface area contributed by atoms with E-state index in [2.05, 4.69) is 34.4 Å². The molecule has 2 N–H and O–H groups in total. The van der Waals surface area contributed by atoms with Crippen LogP contribution in [0.2, 0.25) is 0 Å². The maximum absolute atomic E-state index is 5.89. The van der Waals surface area contributed by atoms with E-state index in [1.54, 1.807) is 0 Å². The van der Waals surface area contributed by atoms with Crippen molar-refractivity contribution in [1.29, 1.82) is 0 Å². The normalized spacial score (nSPS) is 23.9. The molecule has 1 heterocycles. The van der Waals surface area contributed by atoms with Crippen molar-refractivity contribution >= 4 is 0 Å². The molecule has 1 fully saturated rings. The first kappa shape index (κ1) is 11.4. The van der Waals surface area contributed by atoms with Crippen molar-refractivity contribution in [3.63, 3.8) is 0 Å². The summed E-state index contributed by atoms with van der Waals surface area (Å²) in [7, 11) is 0. The molecule has 0 bridgehead atoms. The van der Waals surface area contributed by atoms with Crippen LogP contribution in [0.15, 0.2) is 34.9 Å². The van der Waals surface area contributed by atoms with Crippen molar-refractivity contribution in [2.24, 2.45) is 5.73 Å². The van der Waals surface area contributed by atoms with Crippen LogP contribution in [0.4, 0.5) is 0 Å². The van der Waals surface area contributed by atoms with Crippen LogP contribution in [0.1, 0.15) is 54.9 Å². The highest BCUT2D eigenvalue weighted by atomic mass is 16.5. The summed E-state index contributed by atoms with van der Waals surface area (Å²) in [6.45, 7) is 2.02. The van der Waals surface area contributed by atoms with Gasteiger partial charge in [-0.3, -0.25) is 0 Å². The minimum absolute atomic E-state index is 0.114. The standard InChI is InChI=1S/C14H17N3O/c1-2-12(15)13-16-14(18-17-13)11-8-10(11)9-6-4-3-5-7-9/h3-7,10-12H,2,8,15H2,1H3. The minimum atomic E-state index is -0.114. The molecular weight excluding hydrogens is 226 g/mol. The van der Waals surface area contributed by atoms with Gasteiger partial charge in [0.25, 0.3) is 0 Å². The molecule has 1 aromatic carbocycles. The number of benzene rings is 1. The molecule has 2 aromatic rings. The van der Waals surface area contributed by atoms with Gasteiger partial charge in [-0.05, 0) is 24.3 Å². The fraction of sp³-hybridized carbons (Fsp3) is 0.429. The van der Waals surface area contributed by atoms with Gasteiger partial charge < -0.3 is 10.3 Å². The summed E-state index contributed by atoms with van der Waals surface area (Å²) >= 11 is 0. The van der Waals surface area contributed by atoms with Gasteiger partial charge in [0.2, 0.25) is 5.89 Å². The zero-order valence-electron chi connectivity index (χ0n) is 10.4. The van der Waals surface area contributed by atoms with Gasteiger partial charge >= 0.3 is 0 Å². The maximum Gasteiger partial charge on any atom is 0.230 e. The third-order valence-electron chi connectivity index (χ3n) is 3.56. The Morgan fingerprint density at radius 3 is 2.83 bits per heavy atom. The Hall–Kier alpha value is -1.68. The first-order valence-electron chi connectivity index (χ1n) is 6.43. The van der Waals surface area contributed by atoms with E-state index in [9.17, 15) is 0 Å². The van der Waals surface area contributed by atoms with E-state index in [0.717, 1.165) is 18.7 Å². The predicted octanol–water partition coefficient (Wildman–Crippen LogP) is 2.75. The molecule has 0 radical (unpaired) electrons. The molecule has 3 atom stereocenters. The molecule has 0 saturated heterocycles. The summed E-state index contributed by atoms with van der Waals surface area (Å²) in [6.07, 6.45) is 1.92. The molecule has 4 heteroatoms. The van der Waals surface area contributed by atoms with Crippen molar-refractivity contribution < 1.29 is 4.52 Å². The Morgan fingerprint density at radius 1 is 1.33 bits per heavy atom. The SMILES string of the molecule is CCC(N)c1noc(C2CC2c2ccccc2)n1. The Bertz CT molecular complexity index is 523. The smallest absolute Gasteiger partial charge is 0.230 e. The molecule has 1 saturated carbocycles. The van der Waals surface area contributed by atoms with Crippen molar-refractivity contribution in [2.75, 3.05) is 0 Å². The van der Waals surface area contributed by atoms with Crippen LogP contribution in [0.25, 0.3) is 0 Å². The van der Waals surface area contributed by atoms with Crippen molar-refractivity contribution in [1.82, 2.24) is 10.1 Å². The Morgan fingerprint density at radius 2 is 2.11 bits per heavy atom. The minimum Gasteiger partial charge on any atom is -0.339 e. The van der Waals surface area contributed by atoms with Gasteiger partial charge in [-0.25, -0.2) is 0 Å². The maximum atomic E-state index is 5.89. The highest BCUT2D eigenvalue weighted by Gasteiger charge is 2.43. The lowest BCUT2D eigenvalue weighted by molar-refractivity contribution is 0.369. The van der Waals surface area contributed by atoms with Gasteiger partial charge in [0.15, 0.2) is 5.82 Å². The number of hydrogen-bond donors (Lipinski definition) is 1. The Labute approximate surface area is 106 Å². The molecule has 1 aromatic heterocycles. The lowest BCUT2D eigenvalue weighted by Crippen LogP contribution is -2.10. The molecule has 3 unspecified atom stereocenters. The number of rotatable bonds is 4. The second-order valence-electron chi connectivity index (χ2n) is 4.86. The predicted molar refractivity (Wildman–Crippen MR) is 68.1 cm³/mol. The Balaban J connectivity index is 1.73. The second-order valence-corrected chi connectivity index (χ2v) is 4.86. The molecule has 4 nitrogen and oxygen atoms in total. The number of nitrogens with two attached hydrogens (primary N) is 1. The number of aromatic nitrogens is 2. The zero-order valence-corrected chi connectivity index (χ0v) is 10.4. The van der Waals surface area contributed by atoms with Crippen LogP contribution in [-0.2, 0) is 0 Å². The molecule has 0 spiro atoms. The molecule has 94 valence electrons. The largest absolute Gasteiger partial charge is 0.339 e. The van der Waals surface area contributed by atoms with Gasteiger partial charge in [-0.2, -0.15) is 4.98 Å². The van der Waals surface area contributed by atoms with Gasteiger partial charge in [0.05, 0.1) is 6.04 Å². The second kappa shape index (κ2) is 4.53. The van der Waals surface area contributed by atoms with Gasteiger partial charge in [0, 0.05) is 5.92 Å².